The molecule has 0 aromatic rings. The first-order valence-corrected chi connectivity index (χ1v) is 5.58. The van der Waals surface area contributed by atoms with E-state index in [1.54, 1.807) is 0 Å². The molecular formula is C11H21NO4. The van der Waals surface area contributed by atoms with Gasteiger partial charge in [0.2, 0.25) is 0 Å². The molecule has 0 aromatic heterocycles. The van der Waals surface area contributed by atoms with Gasteiger partial charge in [0.05, 0.1) is 25.4 Å². The van der Waals surface area contributed by atoms with Crippen LogP contribution in [0.3, 0.4) is 0 Å². The van der Waals surface area contributed by atoms with Crippen molar-refractivity contribution in [3.8, 4) is 0 Å². The molecule has 1 aliphatic heterocycles. The Bertz CT molecular complexity index is 242. The minimum Gasteiger partial charge on any atom is -0.453 e. The summed E-state index contributed by atoms with van der Waals surface area (Å²) in [4.78, 5) is 11.1. The monoisotopic (exact) mass is 231 g/mol. The van der Waals surface area contributed by atoms with Crippen molar-refractivity contribution in [2.45, 2.75) is 38.3 Å². The second kappa shape index (κ2) is 5.50. The van der Waals surface area contributed by atoms with Crippen molar-refractivity contribution < 1.29 is 19.4 Å². The molecule has 0 radical (unpaired) electrons. The maximum Gasteiger partial charge on any atom is 0.407 e. The number of amides is 1. The Hall–Kier alpha value is -0.810. The summed E-state index contributed by atoms with van der Waals surface area (Å²) in [6, 6.07) is -0.254. The second-order valence-electron chi connectivity index (χ2n) is 4.79. The van der Waals surface area contributed by atoms with Gasteiger partial charge >= 0.3 is 6.09 Å². The van der Waals surface area contributed by atoms with Crippen LogP contribution in [0.25, 0.3) is 0 Å². The summed E-state index contributed by atoms with van der Waals surface area (Å²) >= 11 is 0. The van der Waals surface area contributed by atoms with E-state index in [4.69, 9.17) is 4.74 Å². The molecule has 0 bridgehead atoms. The number of hydrogen-bond acceptors (Lipinski definition) is 4. The zero-order valence-corrected chi connectivity index (χ0v) is 10.2. The van der Waals surface area contributed by atoms with Crippen LogP contribution in [0.1, 0.15) is 26.7 Å². The molecule has 1 aliphatic rings. The van der Waals surface area contributed by atoms with Gasteiger partial charge in [0.1, 0.15) is 0 Å². The smallest absolute Gasteiger partial charge is 0.407 e. The van der Waals surface area contributed by atoms with Gasteiger partial charge in [0, 0.05) is 6.61 Å². The Labute approximate surface area is 96.1 Å². The highest BCUT2D eigenvalue weighted by molar-refractivity contribution is 5.67. The van der Waals surface area contributed by atoms with Gasteiger partial charge in [0.25, 0.3) is 0 Å². The molecule has 0 spiro atoms. The third kappa shape index (κ3) is 3.64. The maximum absolute atomic E-state index is 11.1. The lowest BCUT2D eigenvalue weighted by molar-refractivity contribution is -0.0806. The van der Waals surface area contributed by atoms with Gasteiger partial charge in [-0.15, -0.1) is 0 Å². The summed E-state index contributed by atoms with van der Waals surface area (Å²) in [5.41, 5.74) is -0.186. The molecule has 0 aromatic carbocycles. The molecule has 1 heterocycles. The normalized spacial score (nSPS) is 25.9. The summed E-state index contributed by atoms with van der Waals surface area (Å²) in [6.07, 6.45) is 1.17. The van der Waals surface area contributed by atoms with Crippen molar-refractivity contribution in [1.82, 2.24) is 5.32 Å². The molecule has 1 rings (SSSR count). The lowest BCUT2D eigenvalue weighted by Gasteiger charge is -2.38. The van der Waals surface area contributed by atoms with Gasteiger partial charge in [-0.3, -0.25) is 0 Å². The molecule has 2 unspecified atom stereocenters. The molecular weight excluding hydrogens is 210 g/mol. The summed E-state index contributed by atoms with van der Waals surface area (Å²) < 4.78 is 10.1. The van der Waals surface area contributed by atoms with Crippen LogP contribution in [0.5, 0.6) is 0 Å². The first-order valence-electron chi connectivity index (χ1n) is 5.58. The largest absolute Gasteiger partial charge is 0.453 e. The van der Waals surface area contributed by atoms with Crippen molar-refractivity contribution in [1.29, 1.82) is 0 Å². The number of aliphatic hydroxyl groups excluding tert-OH is 1. The fourth-order valence-electron chi connectivity index (χ4n) is 2.15. The van der Waals surface area contributed by atoms with Crippen molar-refractivity contribution in [2.24, 2.45) is 5.92 Å². The van der Waals surface area contributed by atoms with E-state index in [9.17, 15) is 9.90 Å². The molecule has 94 valence electrons. The van der Waals surface area contributed by atoms with E-state index in [1.807, 2.05) is 13.8 Å². The lowest BCUT2D eigenvalue weighted by atomic mass is 9.83. The number of carbonyl (C=O) groups excluding carboxylic acids is 1. The van der Waals surface area contributed by atoms with E-state index in [-0.39, 0.29) is 24.2 Å². The number of hydrogen-bond donors (Lipinski definition) is 2. The topological polar surface area (TPSA) is 67.8 Å². The zero-order chi connectivity index (χ0) is 12.2. The lowest BCUT2D eigenvalue weighted by Crippen LogP contribution is -2.48. The van der Waals surface area contributed by atoms with Crippen LogP contribution in [0.2, 0.25) is 0 Å². The van der Waals surface area contributed by atoms with Crippen LogP contribution < -0.4 is 5.32 Å². The quantitative estimate of drug-likeness (QED) is 0.757. The highest BCUT2D eigenvalue weighted by atomic mass is 16.5. The predicted molar refractivity (Wildman–Crippen MR) is 59.2 cm³/mol. The second-order valence-corrected chi connectivity index (χ2v) is 4.79. The first-order chi connectivity index (χ1) is 7.48. The van der Waals surface area contributed by atoms with Crippen molar-refractivity contribution in [3.05, 3.63) is 0 Å². The molecule has 1 saturated heterocycles. The number of ether oxygens (including phenoxy) is 2. The Morgan fingerprint density at radius 2 is 2.38 bits per heavy atom. The summed E-state index contributed by atoms with van der Waals surface area (Å²) in [6.45, 7) is 4.63. The number of aliphatic hydroxyl groups is 1. The molecule has 0 saturated carbocycles. The van der Waals surface area contributed by atoms with Crippen LogP contribution >= 0.6 is 0 Å². The molecule has 2 N–H and O–H groups in total. The van der Waals surface area contributed by atoms with Gasteiger partial charge in [-0.1, -0.05) is 0 Å². The van der Waals surface area contributed by atoms with Crippen LogP contribution in [0.4, 0.5) is 4.79 Å². The van der Waals surface area contributed by atoms with E-state index in [0.29, 0.717) is 6.61 Å². The molecule has 1 amide bonds. The van der Waals surface area contributed by atoms with E-state index in [2.05, 4.69) is 10.1 Å². The molecule has 1 fully saturated rings. The van der Waals surface area contributed by atoms with Crippen LogP contribution in [-0.4, -0.2) is 43.2 Å². The van der Waals surface area contributed by atoms with Crippen molar-refractivity contribution >= 4 is 6.09 Å². The Morgan fingerprint density at radius 1 is 1.69 bits per heavy atom. The number of rotatable bonds is 3. The maximum atomic E-state index is 11.1. The van der Waals surface area contributed by atoms with E-state index in [0.717, 1.165) is 12.8 Å². The highest BCUT2D eigenvalue weighted by Crippen LogP contribution is 2.30. The van der Waals surface area contributed by atoms with E-state index >= 15 is 0 Å². The number of nitrogens with one attached hydrogen (secondary N) is 1. The van der Waals surface area contributed by atoms with E-state index in [1.165, 1.54) is 7.11 Å². The van der Waals surface area contributed by atoms with Gasteiger partial charge in [-0.25, -0.2) is 4.79 Å². The fraction of sp³-hybridized carbons (Fsp3) is 0.909. The molecule has 16 heavy (non-hydrogen) atoms. The average molecular weight is 231 g/mol. The van der Waals surface area contributed by atoms with Crippen LogP contribution in [0.15, 0.2) is 0 Å². The molecule has 2 atom stereocenters. The third-order valence-electron chi connectivity index (χ3n) is 2.99. The molecule has 0 aliphatic carbocycles. The minimum absolute atomic E-state index is 0.0736. The number of carbonyl (C=O) groups is 1. The number of alkyl carbamates (subject to hydrolysis) is 1. The van der Waals surface area contributed by atoms with Gasteiger partial charge in [-0.05, 0) is 32.6 Å². The average Bonchev–Trinajstić information content (AvgIpc) is 2.24. The van der Waals surface area contributed by atoms with Gasteiger partial charge in [-0.2, -0.15) is 0 Å². The van der Waals surface area contributed by atoms with Gasteiger partial charge < -0.3 is 19.9 Å². The van der Waals surface area contributed by atoms with Crippen molar-refractivity contribution in [3.63, 3.8) is 0 Å². The Kier molecular flexibility index (Phi) is 4.56. The highest BCUT2D eigenvalue weighted by Gasteiger charge is 2.33. The van der Waals surface area contributed by atoms with Crippen LogP contribution in [-0.2, 0) is 9.47 Å². The SMILES string of the molecule is COC(=O)NC(CO)C1CCOC(C)(C)C1. The summed E-state index contributed by atoms with van der Waals surface area (Å²) in [5.74, 6) is 0.229. The molecule has 5 heteroatoms. The summed E-state index contributed by atoms with van der Waals surface area (Å²) in [7, 11) is 1.32. The standard InChI is InChI=1S/C11H21NO4/c1-11(2)6-8(4-5-16-11)9(7-13)12-10(14)15-3/h8-9,13H,4-7H2,1-3H3,(H,12,14). The third-order valence-corrected chi connectivity index (χ3v) is 2.99. The minimum atomic E-state index is -0.497. The van der Waals surface area contributed by atoms with Gasteiger partial charge in [0.15, 0.2) is 0 Å². The predicted octanol–water partition coefficient (Wildman–Crippen LogP) is 0.908. The zero-order valence-electron chi connectivity index (χ0n) is 10.2. The van der Waals surface area contributed by atoms with E-state index < -0.39 is 6.09 Å². The fourth-order valence-corrected chi connectivity index (χ4v) is 2.15. The van der Waals surface area contributed by atoms with Crippen LogP contribution in [0, 0.1) is 5.92 Å². The Balaban J connectivity index is 2.55. The summed E-state index contributed by atoms with van der Waals surface area (Å²) in [5, 5.41) is 11.9. The van der Waals surface area contributed by atoms with Crippen molar-refractivity contribution in [2.75, 3.05) is 20.3 Å². The molecule has 5 nitrogen and oxygen atoms in total. The Morgan fingerprint density at radius 3 is 2.88 bits per heavy atom. The first kappa shape index (κ1) is 13.3. The number of methoxy groups -OCH3 is 1.